The molecule has 0 bridgehead atoms. The lowest BCUT2D eigenvalue weighted by molar-refractivity contribution is -0.113. The van der Waals surface area contributed by atoms with Crippen LogP contribution in [0, 0.1) is 0 Å². The summed E-state index contributed by atoms with van der Waals surface area (Å²) in [6, 6.07) is 0. The van der Waals surface area contributed by atoms with E-state index in [1.54, 1.807) is 11.1 Å². The maximum atomic E-state index is 12.0. The van der Waals surface area contributed by atoms with Gasteiger partial charge in [-0.2, -0.15) is 0 Å². The molecule has 0 saturated carbocycles. The fourth-order valence-corrected chi connectivity index (χ4v) is 1.73. The molecule has 1 heterocycles. The van der Waals surface area contributed by atoms with Gasteiger partial charge in [-0.25, -0.2) is 4.79 Å². The lowest BCUT2D eigenvalue weighted by Gasteiger charge is -2.31. The van der Waals surface area contributed by atoms with Crippen molar-refractivity contribution in [3.8, 4) is 0 Å². The van der Waals surface area contributed by atoms with Gasteiger partial charge in [-0.3, -0.25) is 9.69 Å². The normalized spacial score (nSPS) is 18.8. The Hall–Kier alpha value is -1.78. The number of hydrogen-bond donors (Lipinski definition) is 0. The minimum Gasteiger partial charge on any atom is -0.444 e. The lowest BCUT2D eigenvalue weighted by Crippen LogP contribution is -2.44. The van der Waals surface area contributed by atoms with Gasteiger partial charge in [0.15, 0.2) is 5.78 Å². The Morgan fingerprint density at radius 1 is 1.37 bits per heavy atom. The second-order valence-corrected chi connectivity index (χ2v) is 5.89. The Kier molecular flexibility index (Phi) is 4.39. The van der Waals surface area contributed by atoms with Gasteiger partial charge in [0.1, 0.15) is 5.60 Å². The van der Waals surface area contributed by atoms with Crippen LogP contribution in [0.1, 0.15) is 20.8 Å². The maximum Gasteiger partial charge on any atom is 0.410 e. The molecule has 5 heteroatoms. The second kappa shape index (κ2) is 5.47. The highest BCUT2D eigenvalue weighted by Gasteiger charge is 2.30. The number of amides is 1. The van der Waals surface area contributed by atoms with E-state index in [0.29, 0.717) is 11.1 Å². The van der Waals surface area contributed by atoms with Crippen LogP contribution in [0.4, 0.5) is 4.79 Å². The van der Waals surface area contributed by atoms with E-state index < -0.39 is 11.7 Å². The van der Waals surface area contributed by atoms with Crippen LogP contribution in [0.5, 0.6) is 0 Å². The summed E-state index contributed by atoms with van der Waals surface area (Å²) >= 11 is 0. The first kappa shape index (κ1) is 15.3. The number of Topliss-reactive ketones (excluding diaryl/α,β-unsaturated/α-hetero) is 1. The van der Waals surface area contributed by atoms with Crippen LogP contribution >= 0.6 is 0 Å². The first-order valence-electron chi connectivity index (χ1n) is 6.17. The molecule has 1 aliphatic heterocycles. The third-order valence-electron chi connectivity index (χ3n) is 2.42. The molecule has 1 aliphatic rings. The Labute approximate surface area is 114 Å². The van der Waals surface area contributed by atoms with Gasteiger partial charge in [0.2, 0.25) is 0 Å². The first-order valence-corrected chi connectivity index (χ1v) is 6.17. The van der Waals surface area contributed by atoms with Crippen LogP contribution in [0.2, 0.25) is 0 Å². The summed E-state index contributed by atoms with van der Waals surface area (Å²) in [5.74, 6) is -0.0893. The van der Waals surface area contributed by atoms with Crippen molar-refractivity contribution >= 4 is 11.9 Å². The average Bonchev–Trinajstić information content (AvgIpc) is 2.21. The summed E-state index contributed by atoms with van der Waals surface area (Å²) in [4.78, 5) is 27.2. The van der Waals surface area contributed by atoms with Gasteiger partial charge < -0.3 is 9.64 Å². The number of piperidine rings is 1. The molecule has 1 fully saturated rings. The van der Waals surface area contributed by atoms with Gasteiger partial charge in [-0.15, -0.1) is 0 Å². The number of carbonyl (C=O) groups excluding carboxylic acids is 2. The van der Waals surface area contributed by atoms with E-state index in [9.17, 15) is 9.59 Å². The Bertz CT molecular complexity index is 430. The van der Waals surface area contributed by atoms with Gasteiger partial charge in [-0.05, 0) is 20.8 Å². The largest absolute Gasteiger partial charge is 0.444 e. The topological polar surface area (TPSA) is 49.9 Å². The molecule has 0 aliphatic carbocycles. The van der Waals surface area contributed by atoms with E-state index >= 15 is 0 Å². The second-order valence-electron chi connectivity index (χ2n) is 5.89. The van der Waals surface area contributed by atoms with Crippen LogP contribution in [-0.2, 0) is 9.53 Å². The maximum absolute atomic E-state index is 12.0. The van der Waals surface area contributed by atoms with Crippen molar-refractivity contribution in [1.82, 2.24) is 9.80 Å². The molecule has 5 nitrogen and oxygen atoms in total. The van der Waals surface area contributed by atoms with Gasteiger partial charge >= 0.3 is 6.09 Å². The molecule has 19 heavy (non-hydrogen) atoms. The molecular weight excluding hydrogens is 244 g/mol. The number of hydrogen-bond acceptors (Lipinski definition) is 4. The number of nitrogens with zero attached hydrogens (tertiary/aromatic N) is 2. The Morgan fingerprint density at radius 3 is 2.42 bits per heavy atom. The average molecular weight is 266 g/mol. The summed E-state index contributed by atoms with van der Waals surface area (Å²) in [6.07, 6.45) is 1.29. The molecule has 0 aromatic heterocycles. The Balaban J connectivity index is 2.86. The molecule has 0 atom stereocenters. The molecule has 0 spiro atoms. The van der Waals surface area contributed by atoms with Crippen molar-refractivity contribution in [2.75, 3.05) is 27.2 Å². The van der Waals surface area contributed by atoms with E-state index in [0.717, 1.165) is 0 Å². The van der Waals surface area contributed by atoms with Crippen LogP contribution in [-0.4, -0.2) is 54.5 Å². The molecule has 106 valence electrons. The van der Waals surface area contributed by atoms with Crippen molar-refractivity contribution in [3.63, 3.8) is 0 Å². The number of ketones is 1. The van der Waals surface area contributed by atoms with E-state index in [1.165, 1.54) is 4.90 Å². The monoisotopic (exact) mass is 266 g/mol. The number of likely N-dealkylation sites (tertiary alicyclic amines) is 1. The smallest absolute Gasteiger partial charge is 0.410 e. The minimum atomic E-state index is -0.550. The molecule has 0 unspecified atom stereocenters. The van der Waals surface area contributed by atoms with Crippen LogP contribution in [0.25, 0.3) is 0 Å². The zero-order valence-electron chi connectivity index (χ0n) is 12.3. The van der Waals surface area contributed by atoms with Gasteiger partial charge in [0.05, 0.1) is 13.1 Å². The Morgan fingerprint density at radius 2 is 1.95 bits per heavy atom. The number of ether oxygens (including phenoxy) is 1. The number of carbonyl (C=O) groups is 2. The molecule has 1 amide bonds. The molecule has 1 rings (SSSR count). The van der Waals surface area contributed by atoms with E-state index in [2.05, 4.69) is 6.58 Å². The highest BCUT2D eigenvalue weighted by Crippen LogP contribution is 2.19. The van der Waals surface area contributed by atoms with Crippen LogP contribution in [0.15, 0.2) is 23.9 Å². The molecule has 0 aromatic rings. The zero-order valence-corrected chi connectivity index (χ0v) is 12.3. The highest BCUT2D eigenvalue weighted by molar-refractivity contribution is 6.09. The lowest BCUT2D eigenvalue weighted by atomic mass is 10.0. The van der Waals surface area contributed by atoms with Gasteiger partial charge in [-0.1, -0.05) is 6.58 Å². The first-order chi connectivity index (χ1) is 8.60. The van der Waals surface area contributed by atoms with E-state index in [-0.39, 0.29) is 18.9 Å². The summed E-state index contributed by atoms with van der Waals surface area (Å²) in [6.45, 7) is 9.63. The third kappa shape index (κ3) is 4.43. The van der Waals surface area contributed by atoms with Crippen molar-refractivity contribution in [2.45, 2.75) is 26.4 Å². The summed E-state index contributed by atoms with van der Waals surface area (Å²) in [5.41, 5.74) is 0.406. The highest BCUT2D eigenvalue weighted by atomic mass is 16.6. The summed E-state index contributed by atoms with van der Waals surface area (Å²) in [5, 5.41) is 0. The quantitative estimate of drug-likeness (QED) is 0.679. The van der Waals surface area contributed by atoms with Gasteiger partial charge in [0.25, 0.3) is 0 Å². The van der Waals surface area contributed by atoms with Crippen molar-refractivity contribution in [3.05, 3.63) is 23.9 Å². The predicted molar refractivity (Wildman–Crippen MR) is 73.7 cm³/mol. The minimum absolute atomic E-state index is 0.0893. The molecular formula is C14H22N2O3. The summed E-state index contributed by atoms with van der Waals surface area (Å²) in [7, 11) is 3.66. The van der Waals surface area contributed by atoms with Crippen molar-refractivity contribution in [2.24, 2.45) is 0 Å². The third-order valence-corrected chi connectivity index (χ3v) is 2.42. The molecule has 0 radical (unpaired) electrons. The van der Waals surface area contributed by atoms with Crippen molar-refractivity contribution in [1.29, 1.82) is 0 Å². The van der Waals surface area contributed by atoms with Gasteiger partial charge in [0, 0.05) is 31.4 Å². The SMILES string of the molecule is C=C1CN(C(=O)OC(C)(C)C)C/C(=C\N(C)C)C1=O. The van der Waals surface area contributed by atoms with Crippen molar-refractivity contribution < 1.29 is 14.3 Å². The van der Waals surface area contributed by atoms with E-state index in [1.807, 2.05) is 34.9 Å². The number of rotatable bonds is 1. The van der Waals surface area contributed by atoms with Crippen LogP contribution in [0.3, 0.4) is 0 Å². The molecule has 0 aromatic carbocycles. The zero-order chi connectivity index (χ0) is 14.8. The molecule has 1 saturated heterocycles. The van der Waals surface area contributed by atoms with Crippen LogP contribution < -0.4 is 0 Å². The standard InChI is InChI=1S/C14H22N2O3/c1-10-7-16(13(18)19-14(2,3)4)9-11(12(10)17)8-15(5)6/h8H,1,7,9H2,2-6H3/b11-8+. The predicted octanol–water partition coefficient (Wildman–Crippen LogP) is 1.81. The fraction of sp³-hybridized carbons (Fsp3) is 0.571. The van der Waals surface area contributed by atoms with E-state index in [4.69, 9.17) is 4.74 Å². The fourth-order valence-electron chi connectivity index (χ4n) is 1.73. The summed E-state index contributed by atoms with van der Waals surface area (Å²) < 4.78 is 5.31. The molecule has 0 N–H and O–H groups in total.